The molecule has 4 aromatic rings. The highest BCUT2D eigenvalue weighted by molar-refractivity contribution is 6.02. The van der Waals surface area contributed by atoms with Gasteiger partial charge in [0.15, 0.2) is 5.78 Å². The topological polar surface area (TPSA) is 54.9 Å². The zero-order valence-corrected chi connectivity index (χ0v) is 14.6. The molecule has 0 atom stereocenters. The second kappa shape index (κ2) is 7.30. The number of aromatic amines is 1. The molecule has 3 aromatic carbocycles. The maximum atomic E-state index is 13.1. The Morgan fingerprint density at radius 1 is 0.778 bits per heavy atom. The van der Waals surface area contributed by atoms with Crippen molar-refractivity contribution in [3.63, 3.8) is 0 Å². The van der Waals surface area contributed by atoms with E-state index in [0.29, 0.717) is 11.4 Å². The van der Waals surface area contributed by atoms with Crippen LogP contribution in [0.4, 0.5) is 0 Å². The summed E-state index contributed by atoms with van der Waals surface area (Å²) in [4.78, 5) is 26.1. The van der Waals surface area contributed by atoms with Crippen molar-refractivity contribution < 1.29 is 4.79 Å². The van der Waals surface area contributed by atoms with Crippen LogP contribution in [0.3, 0.4) is 0 Å². The van der Waals surface area contributed by atoms with Crippen molar-refractivity contribution in [3.8, 4) is 16.9 Å². The first-order valence-electron chi connectivity index (χ1n) is 8.77. The molecule has 0 spiro atoms. The molecule has 0 saturated heterocycles. The number of carbonyl (C=O) groups is 1. The number of H-pyrrole nitrogens is 1. The van der Waals surface area contributed by atoms with E-state index < -0.39 is 0 Å². The van der Waals surface area contributed by atoms with E-state index in [2.05, 4.69) is 5.10 Å². The number of carbonyl (C=O) groups excluding carboxylic acids is 1. The van der Waals surface area contributed by atoms with Crippen molar-refractivity contribution in [3.05, 3.63) is 112 Å². The first-order chi connectivity index (χ1) is 13.2. The van der Waals surface area contributed by atoms with Crippen LogP contribution < -0.4 is 5.56 Å². The number of rotatable bonds is 5. The summed E-state index contributed by atoms with van der Waals surface area (Å²) in [5.74, 6) is -0.198. The van der Waals surface area contributed by atoms with Gasteiger partial charge < -0.3 is 0 Å². The minimum Gasteiger partial charge on any atom is -0.294 e. The zero-order chi connectivity index (χ0) is 18.6. The Kier molecular flexibility index (Phi) is 4.54. The molecular formula is C23H18N2O2. The van der Waals surface area contributed by atoms with Gasteiger partial charge in [-0.2, -0.15) is 0 Å². The van der Waals surface area contributed by atoms with Gasteiger partial charge >= 0.3 is 0 Å². The van der Waals surface area contributed by atoms with Gasteiger partial charge in [-0.1, -0.05) is 78.9 Å². The van der Waals surface area contributed by atoms with E-state index >= 15 is 0 Å². The van der Waals surface area contributed by atoms with Crippen LogP contribution in [0, 0.1) is 0 Å². The summed E-state index contributed by atoms with van der Waals surface area (Å²) >= 11 is 0. The van der Waals surface area contributed by atoms with Crippen LogP contribution in [-0.2, 0) is 6.42 Å². The van der Waals surface area contributed by atoms with E-state index in [-0.39, 0.29) is 23.3 Å². The monoisotopic (exact) mass is 354 g/mol. The normalized spacial score (nSPS) is 10.7. The Morgan fingerprint density at radius 3 is 1.96 bits per heavy atom. The second-order valence-electron chi connectivity index (χ2n) is 6.29. The molecule has 0 aliphatic rings. The minimum atomic E-state index is -0.332. The zero-order valence-electron chi connectivity index (χ0n) is 14.6. The Balaban J connectivity index is 1.85. The molecule has 27 heavy (non-hydrogen) atoms. The van der Waals surface area contributed by atoms with E-state index in [1.807, 2.05) is 91.0 Å². The summed E-state index contributed by atoms with van der Waals surface area (Å²) in [6, 6.07) is 28.2. The number of aromatic nitrogens is 2. The number of hydrogen-bond acceptors (Lipinski definition) is 2. The Bertz CT molecular complexity index is 1110. The maximum Gasteiger partial charge on any atom is 0.282 e. The second-order valence-corrected chi connectivity index (χ2v) is 6.29. The third kappa shape index (κ3) is 3.37. The molecule has 1 heterocycles. The molecule has 1 aromatic heterocycles. The molecule has 4 heteroatoms. The van der Waals surface area contributed by atoms with Gasteiger partial charge in [-0.25, -0.2) is 4.68 Å². The van der Waals surface area contributed by atoms with Crippen molar-refractivity contribution in [2.75, 3.05) is 0 Å². The molecule has 0 fully saturated rings. The van der Waals surface area contributed by atoms with E-state index in [4.69, 9.17) is 0 Å². The van der Waals surface area contributed by atoms with Crippen LogP contribution in [-0.4, -0.2) is 15.6 Å². The van der Waals surface area contributed by atoms with Crippen molar-refractivity contribution in [1.82, 2.24) is 9.78 Å². The fourth-order valence-corrected chi connectivity index (χ4v) is 3.14. The Hall–Kier alpha value is -3.66. The predicted molar refractivity (Wildman–Crippen MR) is 106 cm³/mol. The summed E-state index contributed by atoms with van der Waals surface area (Å²) in [7, 11) is 0. The van der Waals surface area contributed by atoms with Crippen molar-refractivity contribution in [2.24, 2.45) is 0 Å². The molecule has 0 aliphatic heterocycles. The van der Waals surface area contributed by atoms with Crippen LogP contribution in [0.5, 0.6) is 0 Å². The van der Waals surface area contributed by atoms with Crippen LogP contribution in [0.15, 0.2) is 95.8 Å². The highest BCUT2D eigenvalue weighted by Crippen LogP contribution is 2.22. The largest absolute Gasteiger partial charge is 0.294 e. The van der Waals surface area contributed by atoms with Crippen molar-refractivity contribution >= 4 is 5.78 Å². The molecule has 1 N–H and O–H groups in total. The van der Waals surface area contributed by atoms with Gasteiger partial charge in [0.2, 0.25) is 0 Å². The fourth-order valence-electron chi connectivity index (χ4n) is 3.14. The smallest absolute Gasteiger partial charge is 0.282 e. The van der Waals surface area contributed by atoms with Gasteiger partial charge in [0.25, 0.3) is 5.56 Å². The average Bonchev–Trinajstić information content (AvgIpc) is 3.07. The molecule has 4 rings (SSSR count). The number of para-hydroxylation sites is 1. The number of benzene rings is 3. The Labute approximate surface area is 156 Å². The maximum absolute atomic E-state index is 13.1. The van der Waals surface area contributed by atoms with Gasteiger partial charge in [-0.15, -0.1) is 0 Å². The highest BCUT2D eigenvalue weighted by atomic mass is 16.2. The lowest BCUT2D eigenvalue weighted by Gasteiger charge is -2.03. The van der Waals surface area contributed by atoms with E-state index in [0.717, 1.165) is 11.1 Å². The van der Waals surface area contributed by atoms with Crippen LogP contribution in [0.1, 0.15) is 15.9 Å². The number of nitrogens with one attached hydrogen (secondary N) is 1. The first kappa shape index (κ1) is 16.8. The summed E-state index contributed by atoms with van der Waals surface area (Å²) in [6.07, 6.45) is 0.183. The third-order valence-electron chi connectivity index (χ3n) is 4.45. The van der Waals surface area contributed by atoms with Crippen LogP contribution >= 0.6 is 0 Å². The number of ketones is 1. The number of hydrogen-bond donors (Lipinski definition) is 1. The predicted octanol–water partition coefficient (Wildman–Crippen LogP) is 4.26. The van der Waals surface area contributed by atoms with E-state index in [1.54, 1.807) is 0 Å². The van der Waals surface area contributed by atoms with Gasteiger partial charge in [-0.3, -0.25) is 14.7 Å². The fraction of sp³-hybridized carbons (Fsp3) is 0.0435. The van der Waals surface area contributed by atoms with Crippen molar-refractivity contribution in [1.29, 1.82) is 0 Å². The quantitative estimate of drug-likeness (QED) is 0.545. The van der Waals surface area contributed by atoms with E-state index in [1.165, 1.54) is 4.68 Å². The lowest BCUT2D eigenvalue weighted by molar-refractivity contribution is 0.0992. The summed E-state index contributed by atoms with van der Waals surface area (Å²) in [6.45, 7) is 0. The van der Waals surface area contributed by atoms with Crippen molar-refractivity contribution in [2.45, 2.75) is 6.42 Å². The molecule has 0 saturated carbocycles. The molecule has 0 bridgehead atoms. The number of nitrogens with zero attached hydrogens (tertiary/aromatic N) is 1. The standard InChI is InChI=1S/C23H18N2O2/c26-20(16-17-10-4-1-5-11-17)21-22(18-12-6-2-7-13-18)24-25(23(21)27)19-14-8-3-9-15-19/h1-15,24H,16H2. The van der Waals surface area contributed by atoms with Gasteiger partial charge in [0.05, 0.1) is 11.4 Å². The number of Topliss-reactive ketones (excluding diaryl/α,β-unsaturated/α-hetero) is 1. The minimum absolute atomic E-state index is 0.183. The summed E-state index contributed by atoms with van der Waals surface area (Å²) in [5, 5.41) is 3.13. The molecular weight excluding hydrogens is 336 g/mol. The molecule has 0 aliphatic carbocycles. The van der Waals surface area contributed by atoms with Gasteiger partial charge in [0, 0.05) is 12.0 Å². The average molecular weight is 354 g/mol. The SMILES string of the molecule is O=C(Cc1ccccc1)c1c(-c2ccccc2)[nH]n(-c2ccccc2)c1=O. The van der Waals surface area contributed by atoms with E-state index in [9.17, 15) is 9.59 Å². The highest BCUT2D eigenvalue weighted by Gasteiger charge is 2.22. The lowest BCUT2D eigenvalue weighted by atomic mass is 10.0. The Morgan fingerprint density at radius 2 is 1.33 bits per heavy atom. The molecule has 0 unspecified atom stereocenters. The lowest BCUT2D eigenvalue weighted by Crippen LogP contribution is -2.21. The summed E-state index contributed by atoms with van der Waals surface area (Å²) < 4.78 is 1.43. The van der Waals surface area contributed by atoms with Crippen LogP contribution in [0.25, 0.3) is 16.9 Å². The molecule has 132 valence electrons. The molecule has 0 amide bonds. The van der Waals surface area contributed by atoms with Crippen LogP contribution in [0.2, 0.25) is 0 Å². The first-order valence-corrected chi connectivity index (χ1v) is 8.77. The molecule has 4 nitrogen and oxygen atoms in total. The third-order valence-corrected chi connectivity index (χ3v) is 4.45. The summed E-state index contributed by atoms with van der Waals surface area (Å²) in [5.41, 5.74) is 2.78. The molecule has 0 radical (unpaired) electrons. The van der Waals surface area contributed by atoms with Gasteiger partial charge in [-0.05, 0) is 17.7 Å². The van der Waals surface area contributed by atoms with Gasteiger partial charge in [0.1, 0.15) is 5.56 Å².